The standard InChI is InChI=1S/C20H23FN4O2S/c1-13(2)18-12-19(25-20(24-18)22-10-11-23-28(3,26)27)16-8-9-17(21)15-7-5-4-6-14(15)16/h4-9,12-13,23H,10-11H2,1-3H3,(H,22,24,25). The number of rotatable bonds is 7. The first-order chi connectivity index (χ1) is 13.2. The average molecular weight is 402 g/mol. The average Bonchev–Trinajstić information content (AvgIpc) is 2.65. The van der Waals surface area contributed by atoms with E-state index in [4.69, 9.17) is 0 Å². The van der Waals surface area contributed by atoms with Crippen LogP contribution in [0.4, 0.5) is 10.3 Å². The maximum Gasteiger partial charge on any atom is 0.223 e. The van der Waals surface area contributed by atoms with Crippen molar-refractivity contribution in [2.45, 2.75) is 19.8 Å². The van der Waals surface area contributed by atoms with Crippen molar-refractivity contribution >= 4 is 26.7 Å². The first-order valence-electron chi connectivity index (χ1n) is 8.99. The van der Waals surface area contributed by atoms with Crippen LogP contribution in [0.15, 0.2) is 42.5 Å². The Kier molecular flexibility index (Phi) is 5.90. The van der Waals surface area contributed by atoms with E-state index in [-0.39, 0.29) is 18.3 Å². The van der Waals surface area contributed by atoms with Crippen molar-refractivity contribution in [2.75, 3.05) is 24.7 Å². The molecule has 0 radical (unpaired) electrons. The zero-order valence-corrected chi connectivity index (χ0v) is 16.8. The Bertz CT molecular complexity index is 1100. The molecule has 8 heteroatoms. The molecule has 0 saturated heterocycles. The van der Waals surface area contributed by atoms with Crippen LogP contribution >= 0.6 is 0 Å². The highest BCUT2D eigenvalue weighted by atomic mass is 32.2. The summed E-state index contributed by atoms with van der Waals surface area (Å²) in [7, 11) is -3.25. The van der Waals surface area contributed by atoms with Gasteiger partial charge in [-0.3, -0.25) is 0 Å². The van der Waals surface area contributed by atoms with E-state index in [0.717, 1.165) is 22.9 Å². The number of aromatic nitrogens is 2. The van der Waals surface area contributed by atoms with Gasteiger partial charge in [0.15, 0.2) is 0 Å². The summed E-state index contributed by atoms with van der Waals surface area (Å²) < 4.78 is 38.9. The lowest BCUT2D eigenvalue weighted by molar-refractivity contribution is 0.589. The van der Waals surface area contributed by atoms with Crippen molar-refractivity contribution in [3.05, 3.63) is 54.0 Å². The molecular weight excluding hydrogens is 379 g/mol. The summed E-state index contributed by atoms with van der Waals surface area (Å²) in [6.07, 6.45) is 1.11. The minimum atomic E-state index is -3.25. The maximum absolute atomic E-state index is 14.2. The van der Waals surface area contributed by atoms with E-state index in [1.807, 2.05) is 32.0 Å². The SMILES string of the molecule is CC(C)c1cc(-c2ccc(F)c3ccccc23)nc(NCCNS(C)(=O)=O)n1. The van der Waals surface area contributed by atoms with E-state index in [1.165, 1.54) is 6.07 Å². The van der Waals surface area contributed by atoms with Gasteiger partial charge in [0.1, 0.15) is 5.82 Å². The number of anilines is 1. The van der Waals surface area contributed by atoms with Gasteiger partial charge in [-0.05, 0) is 29.5 Å². The highest BCUT2D eigenvalue weighted by Crippen LogP contribution is 2.31. The highest BCUT2D eigenvalue weighted by molar-refractivity contribution is 7.88. The summed E-state index contributed by atoms with van der Waals surface area (Å²) in [5.41, 5.74) is 2.35. The Morgan fingerprint density at radius 2 is 1.75 bits per heavy atom. The Morgan fingerprint density at radius 1 is 1.04 bits per heavy atom. The van der Waals surface area contributed by atoms with E-state index in [9.17, 15) is 12.8 Å². The molecule has 2 aromatic carbocycles. The molecular formula is C20H23FN4O2S. The number of nitrogens with zero attached hydrogens (tertiary/aromatic N) is 2. The topological polar surface area (TPSA) is 84.0 Å². The minimum Gasteiger partial charge on any atom is -0.353 e. The molecule has 148 valence electrons. The van der Waals surface area contributed by atoms with Crippen molar-refractivity contribution in [2.24, 2.45) is 0 Å². The molecule has 28 heavy (non-hydrogen) atoms. The maximum atomic E-state index is 14.2. The lowest BCUT2D eigenvalue weighted by Crippen LogP contribution is -2.28. The van der Waals surface area contributed by atoms with Crippen molar-refractivity contribution in [1.29, 1.82) is 0 Å². The minimum absolute atomic E-state index is 0.170. The van der Waals surface area contributed by atoms with Gasteiger partial charge in [0.05, 0.1) is 11.9 Å². The Morgan fingerprint density at radius 3 is 2.43 bits per heavy atom. The fraction of sp³-hybridized carbons (Fsp3) is 0.300. The van der Waals surface area contributed by atoms with Gasteiger partial charge in [-0.25, -0.2) is 27.5 Å². The molecule has 0 bridgehead atoms. The highest BCUT2D eigenvalue weighted by Gasteiger charge is 2.13. The molecule has 0 aliphatic heterocycles. The largest absolute Gasteiger partial charge is 0.353 e. The zero-order valence-electron chi connectivity index (χ0n) is 16.0. The molecule has 3 rings (SSSR count). The number of halogens is 1. The number of hydrogen-bond donors (Lipinski definition) is 2. The third kappa shape index (κ3) is 4.82. The van der Waals surface area contributed by atoms with E-state index < -0.39 is 10.0 Å². The molecule has 6 nitrogen and oxygen atoms in total. The molecule has 0 aliphatic rings. The summed E-state index contributed by atoms with van der Waals surface area (Å²) in [6.45, 7) is 4.63. The summed E-state index contributed by atoms with van der Waals surface area (Å²) in [4.78, 5) is 9.09. The van der Waals surface area contributed by atoms with E-state index in [2.05, 4.69) is 20.0 Å². The van der Waals surface area contributed by atoms with Crippen LogP contribution in [0.1, 0.15) is 25.5 Å². The molecule has 0 spiro atoms. The van der Waals surface area contributed by atoms with Crippen LogP contribution in [0.2, 0.25) is 0 Å². The second-order valence-corrected chi connectivity index (χ2v) is 8.72. The fourth-order valence-corrected chi connectivity index (χ4v) is 3.35. The van der Waals surface area contributed by atoms with Crippen molar-refractivity contribution in [3.63, 3.8) is 0 Å². The van der Waals surface area contributed by atoms with E-state index in [0.29, 0.717) is 23.6 Å². The molecule has 0 aliphatic carbocycles. The van der Waals surface area contributed by atoms with Gasteiger partial charge in [0, 0.05) is 29.7 Å². The first kappa shape index (κ1) is 20.2. The Balaban J connectivity index is 1.98. The molecule has 0 saturated carbocycles. The summed E-state index contributed by atoms with van der Waals surface area (Å²) in [5, 5.41) is 4.38. The normalized spacial score (nSPS) is 11.9. The molecule has 1 aromatic heterocycles. The second kappa shape index (κ2) is 8.20. The quantitative estimate of drug-likeness (QED) is 0.591. The monoisotopic (exact) mass is 402 g/mol. The van der Waals surface area contributed by atoms with Crippen LogP contribution in [-0.2, 0) is 10.0 Å². The fourth-order valence-electron chi connectivity index (χ4n) is 2.88. The van der Waals surface area contributed by atoms with Gasteiger partial charge in [0.2, 0.25) is 16.0 Å². The third-order valence-corrected chi connectivity index (χ3v) is 4.99. The predicted molar refractivity (Wildman–Crippen MR) is 110 cm³/mol. The van der Waals surface area contributed by atoms with Crippen molar-refractivity contribution in [1.82, 2.24) is 14.7 Å². The van der Waals surface area contributed by atoms with Gasteiger partial charge >= 0.3 is 0 Å². The van der Waals surface area contributed by atoms with E-state index in [1.54, 1.807) is 18.2 Å². The number of sulfonamides is 1. The molecule has 0 atom stereocenters. The molecule has 0 unspecified atom stereocenters. The summed E-state index contributed by atoms with van der Waals surface area (Å²) in [5.74, 6) is 0.302. The van der Waals surface area contributed by atoms with Crippen LogP contribution in [0.5, 0.6) is 0 Å². The van der Waals surface area contributed by atoms with Crippen molar-refractivity contribution < 1.29 is 12.8 Å². The summed E-state index contributed by atoms with van der Waals surface area (Å²) in [6, 6.07) is 12.4. The van der Waals surface area contributed by atoms with Crippen LogP contribution in [-0.4, -0.2) is 37.7 Å². The zero-order chi connectivity index (χ0) is 20.3. The lowest BCUT2D eigenvalue weighted by atomic mass is 10.00. The van der Waals surface area contributed by atoms with Crippen molar-refractivity contribution in [3.8, 4) is 11.3 Å². The molecule has 1 heterocycles. The van der Waals surface area contributed by atoms with Crippen LogP contribution in [0.3, 0.4) is 0 Å². The number of nitrogens with one attached hydrogen (secondary N) is 2. The third-order valence-electron chi connectivity index (χ3n) is 4.26. The van der Waals surface area contributed by atoms with Gasteiger partial charge < -0.3 is 5.32 Å². The molecule has 3 aromatic rings. The number of fused-ring (bicyclic) bond motifs is 1. The van der Waals surface area contributed by atoms with Crippen LogP contribution in [0.25, 0.3) is 22.0 Å². The van der Waals surface area contributed by atoms with Crippen LogP contribution < -0.4 is 10.0 Å². The van der Waals surface area contributed by atoms with Gasteiger partial charge in [-0.2, -0.15) is 0 Å². The van der Waals surface area contributed by atoms with E-state index >= 15 is 0 Å². The molecule has 2 N–H and O–H groups in total. The van der Waals surface area contributed by atoms with Gasteiger partial charge in [-0.15, -0.1) is 0 Å². The summed E-state index contributed by atoms with van der Waals surface area (Å²) >= 11 is 0. The molecule has 0 fully saturated rings. The predicted octanol–water partition coefficient (Wildman–Crippen LogP) is 3.52. The second-order valence-electron chi connectivity index (χ2n) is 6.89. The number of hydrogen-bond acceptors (Lipinski definition) is 5. The van der Waals surface area contributed by atoms with Gasteiger partial charge in [-0.1, -0.05) is 38.1 Å². The smallest absolute Gasteiger partial charge is 0.223 e. The Labute approximate surface area is 164 Å². The van der Waals surface area contributed by atoms with Crippen LogP contribution in [0, 0.1) is 5.82 Å². The number of benzene rings is 2. The first-order valence-corrected chi connectivity index (χ1v) is 10.9. The Hall–Kier alpha value is -2.58. The van der Waals surface area contributed by atoms with Gasteiger partial charge in [0.25, 0.3) is 0 Å². The lowest BCUT2D eigenvalue weighted by Gasteiger charge is -2.13. The molecule has 0 amide bonds.